The van der Waals surface area contributed by atoms with Gasteiger partial charge in [0.05, 0.1) is 5.01 Å². The second-order valence-electron chi connectivity index (χ2n) is 4.08. The molecule has 0 saturated carbocycles. The Bertz CT molecular complexity index is 419. The third-order valence-corrected chi connectivity index (χ3v) is 3.28. The van der Waals surface area contributed by atoms with Gasteiger partial charge in [-0.3, -0.25) is 4.79 Å². The van der Waals surface area contributed by atoms with E-state index >= 15 is 0 Å². The quantitative estimate of drug-likeness (QED) is 0.669. The number of rotatable bonds is 7. The molecule has 0 bridgehead atoms. The van der Waals surface area contributed by atoms with Crippen molar-refractivity contribution < 1.29 is 14.7 Å². The first kappa shape index (κ1) is 14.6. The molecule has 0 saturated heterocycles. The van der Waals surface area contributed by atoms with Gasteiger partial charge in [0.1, 0.15) is 0 Å². The van der Waals surface area contributed by atoms with Crippen molar-refractivity contribution in [3.8, 4) is 0 Å². The average Bonchev–Trinajstić information content (AvgIpc) is 2.77. The second kappa shape index (κ2) is 7.07. The molecule has 0 fully saturated rings. The number of carboxylic acid groups (broad SMARTS) is 1. The Morgan fingerprint density at radius 3 is 2.89 bits per heavy atom. The fourth-order valence-electron chi connectivity index (χ4n) is 1.30. The number of carbonyl (C=O) groups excluding carboxylic acids is 1. The topological polar surface area (TPSA) is 105 Å². The molecule has 0 aliphatic heterocycles. The molecule has 0 spiro atoms. The standard InChI is InChI=1S/C11H17N3O3S/c1-7(5-12)4-9(15)13-3-2-10-14-8(6-18-10)11(16)17/h6-7H,2-5,12H2,1H3,(H,13,15)(H,16,17). The molecule has 100 valence electrons. The van der Waals surface area contributed by atoms with E-state index in [9.17, 15) is 9.59 Å². The fraction of sp³-hybridized carbons (Fsp3) is 0.545. The zero-order valence-corrected chi connectivity index (χ0v) is 11.0. The SMILES string of the molecule is CC(CN)CC(=O)NCCc1nc(C(=O)O)cs1. The molecule has 1 heterocycles. The third kappa shape index (κ3) is 4.80. The molecule has 1 aromatic rings. The van der Waals surface area contributed by atoms with Gasteiger partial charge in [0.15, 0.2) is 5.69 Å². The van der Waals surface area contributed by atoms with Crippen LogP contribution in [0.3, 0.4) is 0 Å². The molecular formula is C11H17N3O3S. The van der Waals surface area contributed by atoms with Crippen LogP contribution in [0, 0.1) is 5.92 Å². The summed E-state index contributed by atoms with van der Waals surface area (Å²) in [6.07, 6.45) is 0.954. The smallest absolute Gasteiger partial charge is 0.355 e. The van der Waals surface area contributed by atoms with Crippen LogP contribution < -0.4 is 11.1 Å². The van der Waals surface area contributed by atoms with Gasteiger partial charge in [0, 0.05) is 24.8 Å². The first-order valence-electron chi connectivity index (χ1n) is 5.67. The van der Waals surface area contributed by atoms with E-state index in [1.165, 1.54) is 16.7 Å². The van der Waals surface area contributed by atoms with Crippen molar-refractivity contribution in [1.29, 1.82) is 0 Å². The lowest BCUT2D eigenvalue weighted by atomic mass is 10.1. The molecular weight excluding hydrogens is 254 g/mol. The lowest BCUT2D eigenvalue weighted by molar-refractivity contribution is -0.121. The lowest BCUT2D eigenvalue weighted by Crippen LogP contribution is -2.28. The number of aromatic nitrogens is 1. The number of hydrogen-bond acceptors (Lipinski definition) is 5. The predicted octanol–water partition coefficient (Wildman–Crippen LogP) is 0.485. The minimum absolute atomic E-state index is 0.0389. The maximum Gasteiger partial charge on any atom is 0.355 e. The largest absolute Gasteiger partial charge is 0.476 e. The number of amides is 1. The van der Waals surface area contributed by atoms with Crippen LogP contribution in [0.1, 0.15) is 28.8 Å². The minimum Gasteiger partial charge on any atom is -0.476 e. The van der Waals surface area contributed by atoms with E-state index in [1.807, 2.05) is 6.92 Å². The van der Waals surface area contributed by atoms with Crippen molar-refractivity contribution in [3.63, 3.8) is 0 Å². The summed E-state index contributed by atoms with van der Waals surface area (Å²) in [6, 6.07) is 0. The molecule has 0 radical (unpaired) electrons. The van der Waals surface area contributed by atoms with Crippen molar-refractivity contribution in [3.05, 3.63) is 16.1 Å². The highest BCUT2D eigenvalue weighted by atomic mass is 32.1. The van der Waals surface area contributed by atoms with Crippen molar-refractivity contribution in [1.82, 2.24) is 10.3 Å². The Hall–Kier alpha value is -1.47. The number of nitrogens with two attached hydrogens (primary N) is 1. The highest BCUT2D eigenvalue weighted by Crippen LogP contribution is 2.09. The van der Waals surface area contributed by atoms with Gasteiger partial charge in [-0.25, -0.2) is 9.78 Å². The molecule has 4 N–H and O–H groups in total. The molecule has 1 atom stereocenters. The molecule has 18 heavy (non-hydrogen) atoms. The van der Waals surface area contributed by atoms with Crippen molar-refractivity contribution >= 4 is 23.2 Å². The van der Waals surface area contributed by atoms with Crippen LogP contribution in [0.2, 0.25) is 0 Å². The van der Waals surface area contributed by atoms with E-state index < -0.39 is 5.97 Å². The van der Waals surface area contributed by atoms with Gasteiger partial charge < -0.3 is 16.2 Å². The summed E-state index contributed by atoms with van der Waals surface area (Å²) in [5.74, 6) is -0.898. The van der Waals surface area contributed by atoms with Gasteiger partial charge in [0.2, 0.25) is 5.91 Å². The van der Waals surface area contributed by atoms with E-state index in [2.05, 4.69) is 10.3 Å². The molecule has 0 aliphatic carbocycles. The van der Waals surface area contributed by atoms with Crippen molar-refractivity contribution in [2.75, 3.05) is 13.1 Å². The summed E-state index contributed by atoms with van der Waals surface area (Å²) in [5, 5.41) is 13.7. The van der Waals surface area contributed by atoms with E-state index in [0.717, 1.165) is 0 Å². The molecule has 1 rings (SSSR count). The molecule has 0 aromatic carbocycles. The predicted molar refractivity (Wildman–Crippen MR) is 68.6 cm³/mol. The van der Waals surface area contributed by atoms with Crippen LogP contribution in [0.15, 0.2) is 5.38 Å². The van der Waals surface area contributed by atoms with Crippen LogP contribution in [-0.2, 0) is 11.2 Å². The lowest BCUT2D eigenvalue weighted by Gasteiger charge is -2.08. The zero-order valence-electron chi connectivity index (χ0n) is 10.2. The van der Waals surface area contributed by atoms with Gasteiger partial charge in [-0.2, -0.15) is 0 Å². The Balaban J connectivity index is 2.28. The maximum absolute atomic E-state index is 11.4. The van der Waals surface area contributed by atoms with E-state index in [-0.39, 0.29) is 17.5 Å². The zero-order chi connectivity index (χ0) is 13.5. The Morgan fingerprint density at radius 2 is 2.33 bits per heavy atom. The minimum atomic E-state index is -1.03. The number of carbonyl (C=O) groups is 2. The number of nitrogens with one attached hydrogen (secondary N) is 1. The van der Waals surface area contributed by atoms with Gasteiger partial charge >= 0.3 is 5.97 Å². The summed E-state index contributed by atoms with van der Waals surface area (Å²) >= 11 is 1.28. The highest BCUT2D eigenvalue weighted by molar-refractivity contribution is 7.09. The third-order valence-electron chi connectivity index (χ3n) is 2.37. The first-order chi connectivity index (χ1) is 8.52. The second-order valence-corrected chi connectivity index (χ2v) is 5.02. The number of hydrogen-bond donors (Lipinski definition) is 3. The Morgan fingerprint density at radius 1 is 1.61 bits per heavy atom. The van der Waals surface area contributed by atoms with Crippen LogP contribution in [0.5, 0.6) is 0 Å². The summed E-state index contributed by atoms with van der Waals surface area (Å²) in [5.41, 5.74) is 5.48. The highest BCUT2D eigenvalue weighted by Gasteiger charge is 2.10. The molecule has 1 unspecified atom stereocenters. The van der Waals surface area contributed by atoms with E-state index in [4.69, 9.17) is 10.8 Å². The summed E-state index contributed by atoms with van der Waals surface area (Å²) < 4.78 is 0. The summed E-state index contributed by atoms with van der Waals surface area (Å²) in [7, 11) is 0. The van der Waals surface area contributed by atoms with Crippen LogP contribution in [-0.4, -0.2) is 35.1 Å². The summed E-state index contributed by atoms with van der Waals surface area (Å²) in [6.45, 7) is 2.87. The first-order valence-corrected chi connectivity index (χ1v) is 6.55. The van der Waals surface area contributed by atoms with Crippen molar-refractivity contribution in [2.45, 2.75) is 19.8 Å². The Kier molecular flexibility index (Phi) is 5.73. The van der Waals surface area contributed by atoms with Gasteiger partial charge in [0.25, 0.3) is 0 Å². The number of carboxylic acids is 1. The summed E-state index contributed by atoms with van der Waals surface area (Å²) in [4.78, 5) is 26.0. The van der Waals surface area contributed by atoms with Crippen LogP contribution in [0.4, 0.5) is 0 Å². The van der Waals surface area contributed by atoms with E-state index in [0.29, 0.717) is 30.9 Å². The molecule has 6 nitrogen and oxygen atoms in total. The maximum atomic E-state index is 11.4. The molecule has 1 amide bonds. The molecule has 0 aliphatic rings. The average molecular weight is 271 g/mol. The van der Waals surface area contributed by atoms with Gasteiger partial charge in [-0.15, -0.1) is 11.3 Å². The van der Waals surface area contributed by atoms with Crippen molar-refractivity contribution in [2.24, 2.45) is 11.7 Å². The number of thiazole rings is 1. The van der Waals surface area contributed by atoms with E-state index in [1.54, 1.807) is 0 Å². The number of nitrogens with zero attached hydrogens (tertiary/aromatic N) is 1. The monoisotopic (exact) mass is 271 g/mol. The van der Waals surface area contributed by atoms with Gasteiger partial charge in [-0.05, 0) is 12.5 Å². The van der Waals surface area contributed by atoms with Gasteiger partial charge in [-0.1, -0.05) is 6.92 Å². The fourth-order valence-corrected chi connectivity index (χ4v) is 2.08. The normalized spacial score (nSPS) is 12.1. The molecule has 1 aromatic heterocycles. The Labute approximate surface area is 109 Å². The molecule has 7 heteroatoms. The van der Waals surface area contributed by atoms with Crippen LogP contribution in [0.25, 0.3) is 0 Å². The number of aromatic carboxylic acids is 1. The van der Waals surface area contributed by atoms with Crippen LogP contribution >= 0.6 is 11.3 Å².